The molecule has 5 N–H and O–H groups in total. The van der Waals surface area contributed by atoms with Crippen molar-refractivity contribution >= 4 is 17.9 Å². The van der Waals surface area contributed by atoms with Crippen molar-refractivity contribution in [2.24, 2.45) is 10.8 Å². The molecule has 0 aromatic heterocycles. The first kappa shape index (κ1) is 28.3. The highest BCUT2D eigenvalue weighted by Crippen LogP contribution is 2.54. The van der Waals surface area contributed by atoms with Gasteiger partial charge in [-0.25, -0.2) is 4.79 Å². The lowest BCUT2D eigenvalue weighted by Crippen LogP contribution is -2.62. The molecular formula is C22H40O8. The minimum Gasteiger partial charge on any atom is -0.481 e. The van der Waals surface area contributed by atoms with Gasteiger partial charge in [0.15, 0.2) is 6.10 Å². The quantitative estimate of drug-likeness (QED) is 0.206. The molecule has 0 saturated carbocycles. The third-order valence-corrected chi connectivity index (χ3v) is 6.29. The SMILES string of the molecule is CCCCCC(CCCCC)(C(=O)O)C(CCCCC)(C(=O)O)C(O)C(O)C(=O)O. The van der Waals surface area contributed by atoms with Gasteiger partial charge in [-0.3, -0.25) is 9.59 Å². The van der Waals surface area contributed by atoms with E-state index in [4.69, 9.17) is 0 Å². The van der Waals surface area contributed by atoms with Crippen LogP contribution < -0.4 is 0 Å². The summed E-state index contributed by atoms with van der Waals surface area (Å²) in [6, 6.07) is 0. The molecular weight excluding hydrogens is 392 g/mol. The van der Waals surface area contributed by atoms with Crippen molar-refractivity contribution in [2.75, 3.05) is 0 Å². The third-order valence-electron chi connectivity index (χ3n) is 6.29. The summed E-state index contributed by atoms with van der Waals surface area (Å²) >= 11 is 0. The van der Waals surface area contributed by atoms with E-state index in [2.05, 4.69) is 0 Å². The van der Waals surface area contributed by atoms with Crippen LogP contribution in [0, 0.1) is 10.8 Å². The first-order chi connectivity index (χ1) is 14.1. The maximum atomic E-state index is 12.7. The van der Waals surface area contributed by atoms with E-state index < -0.39 is 40.9 Å². The summed E-state index contributed by atoms with van der Waals surface area (Å²) in [5, 5.41) is 50.9. The summed E-state index contributed by atoms with van der Waals surface area (Å²) in [4.78, 5) is 36.8. The number of unbranched alkanes of at least 4 members (excludes halogenated alkanes) is 6. The number of hydrogen-bond acceptors (Lipinski definition) is 5. The summed E-state index contributed by atoms with van der Waals surface area (Å²) in [6.07, 6.45) is 0.628. The highest BCUT2D eigenvalue weighted by atomic mass is 16.4. The molecule has 0 aromatic rings. The molecule has 0 aliphatic heterocycles. The smallest absolute Gasteiger partial charge is 0.335 e. The largest absolute Gasteiger partial charge is 0.481 e. The van der Waals surface area contributed by atoms with Gasteiger partial charge < -0.3 is 25.5 Å². The molecule has 8 nitrogen and oxygen atoms in total. The number of aliphatic carboxylic acids is 3. The van der Waals surface area contributed by atoms with Crippen LogP contribution in [0.25, 0.3) is 0 Å². The molecule has 3 unspecified atom stereocenters. The molecule has 0 aliphatic rings. The Morgan fingerprint density at radius 2 is 1.07 bits per heavy atom. The zero-order valence-electron chi connectivity index (χ0n) is 18.6. The van der Waals surface area contributed by atoms with Crippen molar-refractivity contribution in [3.8, 4) is 0 Å². The average molecular weight is 433 g/mol. The lowest BCUT2D eigenvalue weighted by atomic mass is 9.53. The zero-order valence-corrected chi connectivity index (χ0v) is 18.6. The molecule has 0 aliphatic carbocycles. The van der Waals surface area contributed by atoms with E-state index in [0.717, 1.165) is 19.3 Å². The molecule has 0 bridgehead atoms. The second-order valence-electron chi connectivity index (χ2n) is 8.26. The Hall–Kier alpha value is -1.67. The van der Waals surface area contributed by atoms with Gasteiger partial charge in [0.05, 0.1) is 5.41 Å². The van der Waals surface area contributed by atoms with E-state index in [0.29, 0.717) is 38.5 Å². The fourth-order valence-corrected chi connectivity index (χ4v) is 4.50. The van der Waals surface area contributed by atoms with E-state index >= 15 is 0 Å². The minimum absolute atomic E-state index is 0.00170. The van der Waals surface area contributed by atoms with Gasteiger partial charge in [-0.15, -0.1) is 0 Å². The number of carbonyl (C=O) groups is 3. The number of carboxylic acid groups (broad SMARTS) is 3. The highest BCUT2D eigenvalue weighted by molar-refractivity contribution is 5.88. The first-order valence-corrected chi connectivity index (χ1v) is 11.1. The monoisotopic (exact) mass is 432 g/mol. The van der Waals surface area contributed by atoms with E-state index in [1.165, 1.54) is 0 Å². The topological polar surface area (TPSA) is 152 Å². The van der Waals surface area contributed by atoms with Gasteiger partial charge in [-0.05, 0) is 19.3 Å². The fourth-order valence-electron chi connectivity index (χ4n) is 4.50. The van der Waals surface area contributed by atoms with Crippen molar-refractivity contribution in [1.82, 2.24) is 0 Å². The molecule has 0 fully saturated rings. The maximum absolute atomic E-state index is 12.7. The molecule has 3 atom stereocenters. The number of aliphatic hydroxyl groups excluding tert-OH is 2. The van der Waals surface area contributed by atoms with Gasteiger partial charge in [0.1, 0.15) is 11.5 Å². The standard InChI is InChI=1S/C22H40O8/c1-4-7-10-13-21(19(27)28,14-11-8-5-2)22(20(29)30,15-12-9-6-3)17(24)16(23)18(25)26/h16-17,23-24H,4-15H2,1-3H3,(H,25,26)(H,27,28)(H,29,30). The summed E-state index contributed by atoms with van der Waals surface area (Å²) in [6.45, 7) is 5.78. The Balaban J connectivity index is 6.71. The number of carboxylic acids is 3. The number of rotatable bonds is 18. The van der Waals surface area contributed by atoms with Crippen LogP contribution in [-0.2, 0) is 14.4 Å². The van der Waals surface area contributed by atoms with Crippen LogP contribution in [0.2, 0.25) is 0 Å². The molecule has 0 rings (SSSR count). The molecule has 176 valence electrons. The first-order valence-electron chi connectivity index (χ1n) is 11.1. The Morgan fingerprint density at radius 1 is 0.667 bits per heavy atom. The van der Waals surface area contributed by atoms with E-state index in [-0.39, 0.29) is 19.3 Å². The Labute approximate surface area is 179 Å². The lowest BCUT2D eigenvalue weighted by Gasteiger charge is -2.48. The van der Waals surface area contributed by atoms with Crippen LogP contribution in [0.3, 0.4) is 0 Å². The lowest BCUT2D eigenvalue weighted by molar-refractivity contribution is -0.204. The summed E-state index contributed by atoms with van der Waals surface area (Å²) in [5.41, 5.74) is -4.19. The molecule has 0 amide bonds. The van der Waals surface area contributed by atoms with Crippen LogP contribution in [0.5, 0.6) is 0 Å². The molecule has 30 heavy (non-hydrogen) atoms. The van der Waals surface area contributed by atoms with Gasteiger partial charge >= 0.3 is 17.9 Å². The van der Waals surface area contributed by atoms with Crippen molar-refractivity contribution < 1.29 is 39.9 Å². The van der Waals surface area contributed by atoms with Gasteiger partial charge in [0, 0.05) is 0 Å². The van der Waals surface area contributed by atoms with E-state index in [1.807, 2.05) is 20.8 Å². The van der Waals surface area contributed by atoms with Crippen LogP contribution in [0.15, 0.2) is 0 Å². The molecule has 0 spiro atoms. The highest BCUT2D eigenvalue weighted by Gasteiger charge is 2.65. The average Bonchev–Trinajstić information content (AvgIpc) is 2.69. The molecule has 0 radical (unpaired) electrons. The van der Waals surface area contributed by atoms with Crippen molar-refractivity contribution in [3.05, 3.63) is 0 Å². The van der Waals surface area contributed by atoms with Crippen LogP contribution in [0.1, 0.15) is 97.8 Å². The summed E-state index contributed by atoms with van der Waals surface area (Å²) in [7, 11) is 0. The van der Waals surface area contributed by atoms with Gasteiger partial charge in [0.25, 0.3) is 0 Å². The number of aliphatic hydroxyl groups is 2. The van der Waals surface area contributed by atoms with Crippen LogP contribution >= 0.6 is 0 Å². The van der Waals surface area contributed by atoms with Crippen LogP contribution in [-0.4, -0.2) is 55.6 Å². The van der Waals surface area contributed by atoms with Gasteiger partial charge in [0.2, 0.25) is 0 Å². The van der Waals surface area contributed by atoms with E-state index in [9.17, 15) is 39.9 Å². The fraction of sp³-hybridized carbons (Fsp3) is 0.864. The molecule has 8 heteroatoms. The Bertz CT molecular complexity index is 537. The third kappa shape index (κ3) is 6.41. The van der Waals surface area contributed by atoms with Crippen LogP contribution in [0.4, 0.5) is 0 Å². The zero-order chi connectivity index (χ0) is 23.4. The predicted octanol–water partition coefficient (Wildman–Crippen LogP) is 3.68. The molecule has 0 aromatic carbocycles. The van der Waals surface area contributed by atoms with E-state index in [1.54, 1.807) is 0 Å². The second-order valence-corrected chi connectivity index (χ2v) is 8.26. The molecule has 0 saturated heterocycles. The van der Waals surface area contributed by atoms with Crippen molar-refractivity contribution in [2.45, 2.75) is 110 Å². The van der Waals surface area contributed by atoms with Crippen molar-refractivity contribution in [3.63, 3.8) is 0 Å². The second kappa shape index (κ2) is 13.6. The van der Waals surface area contributed by atoms with Crippen molar-refractivity contribution in [1.29, 1.82) is 0 Å². The Kier molecular flexibility index (Phi) is 12.8. The molecule has 0 heterocycles. The van der Waals surface area contributed by atoms with Gasteiger partial charge in [-0.2, -0.15) is 0 Å². The summed E-state index contributed by atoms with van der Waals surface area (Å²) < 4.78 is 0. The normalized spacial score (nSPS) is 15.9. The minimum atomic E-state index is -2.39. The summed E-state index contributed by atoms with van der Waals surface area (Å²) in [5.74, 6) is -4.70. The van der Waals surface area contributed by atoms with Gasteiger partial charge in [-0.1, -0.05) is 78.6 Å². The maximum Gasteiger partial charge on any atom is 0.335 e. The predicted molar refractivity (Wildman–Crippen MR) is 112 cm³/mol. The number of hydrogen-bond donors (Lipinski definition) is 5. The Morgan fingerprint density at radius 3 is 1.37 bits per heavy atom.